The number of carbonyl (C=O) groups excluding carboxylic acids is 1. The first-order valence-electron chi connectivity index (χ1n) is 7.77. The molecule has 2 fully saturated rings. The molecule has 7 heteroatoms. The lowest BCUT2D eigenvalue weighted by Crippen LogP contribution is -2.28. The van der Waals surface area contributed by atoms with Crippen LogP contribution in [0, 0.1) is 0 Å². The minimum absolute atomic E-state index is 0.0964. The van der Waals surface area contributed by atoms with E-state index in [1.54, 1.807) is 4.90 Å². The normalized spacial score (nSPS) is 21.2. The summed E-state index contributed by atoms with van der Waals surface area (Å²) in [7, 11) is 1.99. The van der Waals surface area contributed by atoms with Gasteiger partial charge in [-0.15, -0.1) is 10.2 Å². The minimum Gasteiger partial charge on any atom is -0.310 e. The molecule has 4 rings (SSSR count). The van der Waals surface area contributed by atoms with E-state index in [1.807, 2.05) is 35.9 Å². The Labute approximate surface area is 144 Å². The lowest BCUT2D eigenvalue weighted by atomic mass is 10.3. The van der Waals surface area contributed by atoms with Crippen molar-refractivity contribution in [2.24, 2.45) is 7.05 Å². The molecule has 0 radical (unpaired) electrons. The Hall–Kier alpha value is -1.53. The predicted molar refractivity (Wildman–Crippen MR) is 91.0 cm³/mol. The fourth-order valence-corrected chi connectivity index (χ4v) is 4.21. The van der Waals surface area contributed by atoms with Crippen LogP contribution in [0.15, 0.2) is 29.4 Å². The highest BCUT2D eigenvalue weighted by atomic mass is 35.5. The van der Waals surface area contributed by atoms with Crippen LogP contribution in [0.4, 0.5) is 5.69 Å². The van der Waals surface area contributed by atoms with Crippen molar-refractivity contribution >= 4 is 35.0 Å². The van der Waals surface area contributed by atoms with E-state index in [-0.39, 0.29) is 11.2 Å². The molecule has 120 valence electrons. The summed E-state index contributed by atoms with van der Waals surface area (Å²) in [5, 5.41) is 9.87. The van der Waals surface area contributed by atoms with E-state index in [0.29, 0.717) is 17.5 Å². The van der Waals surface area contributed by atoms with Crippen molar-refractivity contribution in [2.75, 3.05) is 11.4 Å². The first-order chi connectivity index (χ1) is 11.1. The highest BCUT2D eigenvalue weighted by molar-refractivity contribution is 8.00. The number of nitrogens with zero attached hydrogens (tertiary/aromatic N) is 4. The SMILES string of the molecule is Cn1c(S[C@@H]2CCN(c3ccccc3Cl)C2=O)nnc1C1CC1. The number of halogens is 1. The molecule has 23 heavy (non-hydrogen) atoms. The van der Waals surface area contributed by atoms with E-state index >= 15 is 0 Å². The molecule has 1 aromatic heterocycles. The quantitative estimate of drug-likeness (QED) is 0.851. The van der Waals surface area contributed by atoms with Gasteiger partial charge in [-0.25, -0.2) is 0 Å². The molecule has 2 heterocycles. The lowest BCUT2D eigenvalue weighted by Gasteiger charge is -2.17. The average Bonchev–Trinajstić information content (AvgIpc) is 3.24. The number of rotatable bonds is 4. The van der Waals surface area contributed by atoms with Gasteiger partial charge >= 0.3 is 0 Å². The fraction of sp³-hybridized carbons (Fsp3) is 0.438. The Kier molecular flexibility index (Phi) is 3.81. The molecular formula is C16H17ClN4OS. The Morgan fingerprint density at radius 3 is 2.74 bits per heavy atom. The number of benzene rings is 1. The highest BCUT2D eigenvalue weighted by Crippen LogP contribution is 2.41. The van der Waals surface area contributed by atoms with Gasteiger partial charge in [0.2, 0.25) is 5.91 Å². The number of para-hydroxylation sites is 1. The Balaban J connectivity index is 1.51. The monoisotopic (exact) mass is 348 g/mol. The van der Waals surface area contributed by atoms with E-state index < -0.39 is 0 Å². The molecule has 1 amide bonds. The van der Waals surface area contributed by atoms with Crippen LogP contribution < -0.4 is 4.90 Å². The third kappa shape index (κ3) is 2.74. The zero-order valence-corrected chi connectivity index (χ0v) is 14.3. The summed E-state index contributed by atoms with van der Waals surface area (Å²) >= 11 is 7.73. The number of carbonyl (C=O) groups is 1. The second-order valence-corrected chi connectivity index (χ2v) is 7.59. The van der Waals surface area contributed by atoms with E-state index in [2.05, 4.69) is 10.2 Å². The minimum atomic E-state index is -0.124. The van der Waals surface area contributed by atoms with Crippen LogP contribution in [-0.4, -0.2) is 32.5 Å². The maximum Gasteiger partial charge on any atom is 0.240 e. The molecule has 1 aliphatic carbocycles. The Morgan fingerprint density at radius 2 is 2.00 bits per heavy atom. The topological polar surface area (TPSA) is 51.0 Å². The van der Waals surface area contributed by atoms with Gasteiger partial charge in [-0.3, -0.25) is 4.79 Å². The lowest BCUT2D eigenvalue weighted by molar-refractivity contribution is -0.116. The van der Waals surface area contributed by atoms with Crippen LogP contribution in [-0.2, 0) is 11.8 Å². The molecular weight excluding hydrogens is 332 g/mol. The van der Waals surface area contributed by atoms with E-state index in [0.717, 1.165) is 23.1 Å². The van der Waals surface area contributed by atoms with Crippen molar-refractivity contribution in [3.8, 4) is 0 Å². The van der Waals surface area contributed by atoms with Gasteiger partial charge in [-0.05, 0) is 31.4 Å². The number of aromatic nitrogens is 3. The smallest absolute Gasteiger partial charge is 0.240 e. The molecule has 0 bridgehead atoms. The molecule has 1 aliphatic heterocycles. The third-order valence-corrected chi connectivity index (χ3v) is 5.97. The third-order valence-electron chi connectivity index (χ3n) is 4.36. The Morgan fingerprint density at radius 1 is 1.22 bits per heavy atom. The summed E-state index contributed by atoms with van der Waals surface area (Å²) < 4.78 is 2.04. The van der Waals surface area contributed by atoms with Gasteiger partial charge in [-0.2, -0.15) is 0 Å². The van der Waals surface area contributed by atoms with Gasteiger partial charge in [-0.1, -0.05) is 35.5 Å². The van der Waals surface area contributed by atoms with Crippen LogP contribution in [0.1, 0.15) is 31.0 Å². The van der Waals surface area contributed by atoms with Crippen LogP contribution >= 0.6 is 23.4 Å². The van der Waals surface area contributed by atoms with Crippen LogP contribution in [0.25, 0.3) is 0 Å². The summed E-state index contributed by atoms with van der Waals surface area (Å²) in [5.74, 6) is 1.70. The molecule has 1 aromatic carbocycles. The zero-order chi connectivity index (χ0) is 16.0. The second-order valence-electron chi connectivity index (χ2n) is 6.01. The largest absolute Gasteiger partial charge is 0.310 e. The summed E-state index contributed by atoms with van der Waals surface area (Å²) in [5.41, 5.74) is 0.791. The first-order valence-corrected chi connectivity index (χ1v) is 9.03. The predicted octanol–water partition coefficient (Wildman–Crippen LogP) is 3.24. The number of hydrogen-bond donors (Lipinski definition) is 0. The van der Waals surface area contributed by atoms with E-state index in [4.69, 9.17) is 11.6 Å². The molecule has 0 N–H and O–H groups in total. The van der Waals surface area contributed by atoms with Crippen molar-refractivity contribution in [1.82, 2.24) is 14.8 Å². The molecule has 0 unspecified atom stereocenters. The summed E-state index contributed by atoms with van der Waals surface area (Å²) in [6.07, 6.45) is 3.18. The van der Waals surface area contributed by atoms with Crippen molar-refractivity contribution in [1.29, 1.82) is 0 Å². The van der Waals surface area contributed by atoms with E-state index in [1.165, 1.54) is 24.6 Å². The average molecular weight is 349 g/mol. The van der Waals surface area contributed by atoms with E-state index in [9.17, 15) is 4.79 Å². The zero-order valence-electron chi connectivity index (χ0n) is 12.8. The van der Waals surface area contributed by atoms with Crippen LogP contribution in [0.2, 0.25) is 5.02 Å². The summed E-state index contributed by atoms with van der Waals surface area (Å²) in [6, 6.07) is 7.48. The van der Waals surface area contributed by atoms with Crippen molar-refractivity contribution in [3.05, 3.63) is 35.1 Å². The van der Waals surface area contributed by atoms with Gasteiger partial charge in [0.05, 0.1) is 16.0 Å². The van der Waals surface area contributed by atoms with Crippen LogP contribution in [0.5, 0.6) is 0 Å². The maximum absolute atomic E-state index is 12.7. The number of thioether (sulfide) groups is 1. The van der Waals surface area contributed by atoms with Crippen molar-refractivity contribution < 1.29 is 4.79 Å². The number of anilines is 1. The van der Waals surface area contributed by atoms with Gasteiger partial charge in [0.15, 0.2) is 5.16 Å². The number of amides is 1. The molecule has 1 saturated carbocycles. The molecule has 1 saturated heterocycles. The fourth-order valence-electron chi connectivity index (χ4n) is 2.93. The number of hydrogen-bond acceptors (Lipinski definition) is 4. The molecule has 5 nitrogen and oxygen atoms in total. The van der Waals surface area contributed by atoms with Gasteiger partial charge in [0, 0.05) is 19.5 Å². The van der Waals surface area contributed by atoms with Crippen LogP contribution in [0.3, 0.4) is 0 Å². The van der Waals surface area contributed by atoms with Gasteiger partial charge < -0.3 is 9.47 Å². The first kappa shape index (κ1) is 15.0. The summed E-state index contributed by atoms with van der Waals surface area (Å²) in [6.45, 7) is 0.688. The van der Waals surface area contributed by atoms with Crippen molar-refractivity contribution in [3.63, 3.8) is 0 Å². The molecule has 2 aliphatic rings. The summed E-state index contributed by atoms with van der Waals surface area (Å²) in [4.78, 5) is 14.5. The molecule has 2 aromatic rings. The van der Waals surface area contributed by atoms with Gasteiger partial charge in [0.1, 0.15) is 5.82 Å². The standard InChI is InChI=1S/C16H17ClN4OS/c1-20-14(10-6-7-10)18-19-16(20)23-13-8-9-21(15(13)22)12-5-3-2-4-11(12)17/h2-5,10,13H,6-9H2,1H3/t13-/m1/s1. The maximum atomic E-state index is 12.7. The van der Waals surface area contributed by atoms with Gasteiger partial charge in [0.25, 0.3) is 0 Å². The van der Waals surface area contributed by atoms with Crippen molar-refractivity contribution in [2.45, 2.75) is 35.6 Å². The molecule has 1 atom stereocenters. The second kappa shape index (κ2) is 5.83. The Bertz CT molecular complexity index is 758. The molecule has 0 spiro atoms. The highest BCUT2D eigenvalue weighted by Gasteiger charge is 2.36.